The van der Waals surface area contributed by atoms with Crippen LogP contribution in [-0.2, 0) is 14.3 Å². The van der Waals surface area contributed by atoms with Crippen molar-refractivity contribution in [1.29, 1.82) is 5.26 Å². The molecule has 2 unspecified atom stereocenters. The first-order chi connectivity index (χ1) is 14.6. The summed E-state index contributed by atoms with van der Waals surface area (Å²) in [4.78, 5) is 39.9. The van der Waals surface area contributed by atoms with E-state index in [-0.39, 0.29) is 6.54 Å². The van der Waals surface area contributed by atoms with Gasteiger partial charge in [-0.05, 0) is 79.0 Å². The smallest absolute Gasteiger partial charge is 0.408 e. The van der Waals surface area contributed by atoms with E-state index in [1.807, 2.05) is 52.8 Å². The zero-order chi connectivity index (χ0) is 24.9. The number of rotatable bonds is 6. The van der Waals surface area contributed by atoms with Gasteiger partial charge in [0.05, 0.1) is 6.07 Å². The van der Waals surface area contributed by atoms with Gasteiger partial charge in [0.25, 0.3) is 0 Å². The molecule has 0 spiro atoms. The lowest BCUT2D eigenvalue weighted by atomic mass is 9.97. The summed E-state index contributed by atoms with van der Waals surface area (Å²) >= 11 is 0. The molecular formula is C24H36N4O4. The van der Waals surface area contributed by atoms with Gasteiger partial charge in [-0.1, -0.05) is 18.2 Å². The van der Waals surface area contributed by atoms with E-state index in [0.717, 1.165) is 11.1 Å². The van der Waals surface area contributed by atoms with E-state index in [1.54, 1.807) is 26.8 Å². The van der Waals surface area contributed by atoms with Crippen molar-refractivity contribution >= 4 is 17.9 Å². The van der Waals surface area contributed by atoms with Crippen molar-refractivity contribution in [1.82, 2.24) is 15.5 Å². The summed E-state index contributed by atoms with van der Waals surface area (Å²) < 4.78 is 5.22. The normalized spacial score (nSPS) is 13.4. The second-order valence-corrected chi connectivity index (χ2v) is 9.98. The van der Waals surface area contributed by atoms with Crippen LogP contribution in [0.25, 0.3) is 0 Å². The lowest BCUT2D eigenvalue weighted by molar-refractivity contribution is -0.142. The van der Waals surface area contributed by atoms with E-state index in [0.29, 0.717) is 5.56 Å². The first-order valence-corrected chi connectivity index (χ1v) is 10.6. The molecule has 176 valence electrons. The Morgan fingerprint density at radius 2 is 1.69 bits per heavy atom. The van der Waals surface area contributed by atoms with Gasteiger partial charge in [-0.2, -0.15) is 5.26 Å². The Labute approximate surface area is 191 Å². The number of alkyl carbamates (subject to hydrolysis) is 1. The molecule has 3 amide bonds. The monoisotopic (exact) mass is 444 g/mol. The highest BCUT2D eigenvalue weighted by molar-refractivity contribution is 5.92. The fourth-order valence-electron chi connectivity index (χ4n) is 3.01. The minimum absolute atomic E-state index is 0.325. The number of nitrogens with one attached hydrogen (secondary N) is 2. The number of benzene rings is 1. The van der Waals surface area contributed by atoms with Crippen LogP contribution in [0.4, 0.5) is 4.79 Å². The Kier molecular flexibility index (Phi) is 8.84. The fourth-order valence-corrected chi connectivity index (χ4v) is 3.01. The zero-order valence-corrected chi connectivity index (χ0v) is 20.6. The molecule has 0 saturated carbocycles. The number of amides is 3. The minimum Gasteiger partial charge on any atom is -0.444 e. The molecule has 8 nitrogen and oxygen atoms in total. The van der Waals surface area contributed by atoms with Crippen LogP contribution in [0, 0.1) is 25.2 Å². The van der Waals surface area contributed by atoms with Crippen molar-refractivity contribution in [3.63, 3.8) is 0 Å². The number of aryl methyl sites for hydroxylation is 2. The first-order valence-electron chi connectivity index (χ1n) is 10.6. The van der Waals surface area contributed by atoms with Crippen LogP contribution in [0.2, 0.25) is 0 Å². The van der Waals surface area contributed by atoms with Gasteiger partial charge < -0.3 is 20.3 Å². The van der Waals surface area contributed by atoms with E-state index in [4.69, 9.17) is 4.74 Å². The first kappa shape index (κ1) is 27.0. The van der Waals surface area contributed by atoms with Crippen molar-refractivity contribution in [3.8, 4) is 6.07 Å². The number of hydrogen-bond donors (Lipinski definition) is 2. The van der Waals surface area contributed by atoms with Gasteiger partial charge >= 0.3 is 6.09 Å². The Morgan fingerprint density at radius 3 is 2.16 bits per heavy atom. The Hall–Kier alpha value is -3.08. The molecule has 0 aromatic heterocycles. The average molecular weight is 445 g/mol. The van der Waals surface area contributed by atoms with E-state index < -0.39 is 41.1 Å². The summed E-state index contributed by atoms with van der Waals surface area (Å²) in [5.74, 6) is -0.974. The number of ether oxygens (including phenoxy) is 1. The van der Waals surface area contributed by atoms with Crippen LogP contribution < -0.4 is 10.6 Å². The van der Waals surface area contributed by atoms with E-state index >= 15 is 0 Å². The van der Waals surface area contributed by atoms with Crippen LogP contribution in [0.5, 0.6) is 0 Å². The third kappa shape index (κ3) is 8.22. The summed E-state index contributed by atoms with van der Waals surface area (Å²) in [5, 5.41) is 14.8. The number of hydrogen-bond acceptors (Lipinski definition) is 5. The van der Waals surface area contributed by atoms with E-state index in [9.17, 15) is 19.6 Å². The third-order valence-electron chi connectivity index (χ3n) is 4.53. The zero-order valence-electron chi connectivity index (χ0n) is 20.6. The molecule has 0 bridgehead atoms. The number of carbonyl (C=O) groups is 3. The summed E-state index contributed by atoms with van der Waals surface area (Å²) in [5.41, 5.74) is 1.31. The van der Waals surface area contributed by atoms with Gasteiger partial charge in [-0.25, -0.2) is 4.79 Å². The molecule has 0 heterocycles. The number of nitriles is 1. The summed E-state index contributed by atoms with van der Waals surface area (Å²) in [6.07, 6.45) is -0.753. The molecule has 2 atom stereocenters. The number of carbonyl (C=O) groups excluding carboxylic acids is 3. The minimum atomic E-state index is -1.04. The fraction of sp³-hybridized carbons (Fsp3) is 0.583. The molecule has 0 aliphatic carbocycles. The molecule has 1 aromatic rings. The Balaban J connectivity index is 3.35. The maximum atomic E-state index is 13.3. The van der Waals surface area contributed by atoms with Crippen LogP contribution >= 0.6 is 0 Å². The highest BCUT2D eigenvalue weighted by atomic mass is 16.6. The highest BCUT2D eigenvalue weighted by Crippen LogP contribution is 2.25. The lowest BCUT2D eigenvalue weighted by Crippen LogP contribution is -2.54. The predicted molar refractivity (Wildman–Crippen MR) is 123 cm³/mol. The summed E-state index contributed by atoms with van der Waals surface area (Å²) in [6, 6.07) is 5.42. The van der Waals surface area contributed by atoms with E-state index in [2.05, 4.69) is 10.6 Å². The predicted octanol–water partition coefficient (Wildman–Crippen LogP) is 3.52. The lowest BCUT2D eigenvalue weighted by Gasteiger charge is -2.34. The van der Waals surface area contributed by atoms with Crippen molar-refractivity contribution in [2.24, 2.45) is 0 Å². The van der Waals surface area contributed by atoms with Gasteiger partial charge in [-0.15, -0.1) is 0 Å². The molecule has 0 aliphatic rings. The molecule has 0 aliphatic heterocycles. The summed E-state index contributed by atoms with van der Waals surface area (Å²) in [6.45, 7) is 15.7. The molecule has 32 heavy (non-hydrogen) atoms. The third-order valence-corrected chi connectivity index (χ3v) is 4.53. The Morgan fingerprint density at radius 1 is 1.09 bits per heavy atom. The largest absolute Gasteiger partial charge is 0.444 e. The molecule has 2 N–H and O–H groups in total. The maximum absolute atomic E-state index is 13.3. The average Bonchev–Trinajstić information content (AvgIpc) is 2.60. The second kappa shape index (κ2) is 10.5. The summed E-state index contributed by atoms with van der Waals surface area (Å²) in [7, 11) is 0. The van der Waals surface area contributed by atoms with Gasteiger partial charge in [-0.3, -0.25) is 9.59 Å². The van der Waals surface area contributed by atoms with Gasteiger partial charge in [0.1, 0.15) is 24.2 Å². The standard InChI is InChI=1S/C24H36N4O4/c1-15-10-11-18(14-16(15)2)19(20(29)27-23(4,5)6)28(13-12-25)21(30)17(3)26-22(31)32-24(7,8)9/h10-11,14,17,19H,13H2,1-9H3,(H,26,31)(H,27,29). The molecule has 0 saturated heterocycles. The van der Waals surface area contributed by atoms with Gasteiger partial charge in [0.15, 0.2) is 0 Å². The molecule has 1 aromatic carbocycles. The van der Waals surface area contributed by atoms with E-state index in [1.165, 1.54) is 11.8 Å². The van der Waals surface area contributed by atoms with Crippen LogP contribution in [0.1, 0.15) is 71.2 Å². The van der Waals surface area contributed by atoms with Crippen molar-refractivity contribution < 1.29 is 19.1 Å². The molecule has 1 rings (SSSR count). The van der Waals surface area contributed by atoms with Crippen LogP contribution in [0.3, 0.4) is 0 Å². The van der Waals surface area contributed by atoms with Gasteiger partial charge in [0.2, 0.25) is 11.8 Å². The number of nitrogens with zero attached hydrogens (tertiary/aromatic N) is 2. The molecule has 8 heteroatoms. The topological polar surface area (TPSA) is 112 Å². The second-order valence-electron chi connectivity index (χ2n) is 9.98. The Bertz CT molecular complexity index is 891. The van der Waals surface area contributed by atoms with Crippen molar-refractivity contribution in [2.45, 2.75) is 85.5 Å². The molecule has 0 radical (unpaired) electrons. The highest BCUT2D eigenvalue weighted by Gasteiger charge is 2.36. The molecule has 0 fully saturated rings. The van der Waals surface area contributed by atoms with Crippen molar-refractivity contribution in [3.05, 3.63) is 34.9 Å². The SMILES string of the molecule is Cc1ccc(C(C(=O)NC(C)(C)C)N(CC#N)C(=O)C(C)NC(=O)OC(C)(C)C)cc1C. The quantitative estimate of drug-likeness (QED) is 0.652. The van der Waals surface area contributed by atoms with Crippen molar-refractivity contribution in [2.75, 3.05) is 6.54 Å². The van der Waals surface area contributed by atoms with Gasteiger partial charge in [0, 0.05) is 5.54 Å². The molecular weight excluding hydrogens is 408 g/mol. The van der Waals surface area contributed by atoms with Crippen LogP contribution in [-0.4, -0.2) is 46.5 Å². The maximum Gasteiger partial charge on any atom is 0.408 e. The van der Waals surface area contributed by atoms with Crippen LogP contribution in [0.15, 0.2) is 18.2 Å².